The van der Waals surface area contributed by atoms with Gasteiger partial charge in [0, 0.05) is 12.1 Å². The third-order valence-corrected chi connectivity index (χ3v) is 1.69. The fourth-order valence-corrected chi connectivity index (χ4v) is 1.33. The molecule has 0 rings (SSSR count). The Bertz CT molecular complexity index is 94.3. The summed E-state index contributed by atoms with van der Waals surface area (Å²) < 4.78 is -0.750. The van der Waals surface area contributed by atoms with Crippen LogP contribution >= 0.6 is 34.8 Å². The van der Waals surface area contributed by atoms with Crippen LogP contribution in [-0.2, 0) is 0 Å². The lowest BCUT2D eigenvalue weighted by Gasteiger charge is -2.28. The summed E-state index contributed by atoms with van der Waals surface area (Å²) in [5.41, 5.74) is 0. The van der Waals surface area contributed by atoms with E-state index in [-0.39, 0.29) is 0 Å². The van der Waals surface area contributed by atoms with Gasteiger partial charge < -0.3 is 0 Å². The minimum atomic E-state index is -0.750. The summed E-state index contributed by atoms with van der Waals surface area (Å²) >= 11 is 14.4. The summed E-state index contributed by atoms with van der Waals surface area (Å²) in [6, 6.07) is 1.38. The van der Waals surface area contributed by atoms with Gasteiger partial charge in [0.1, 0.15) is 0 Å². The first-order valence-electron chi connectivity index (χ1n) is 4.50. The summed E-state index contributed by atoms with van der Waals surface area (Å²) in [5.74, 6) is 0. The fourth-order valence-electron chi connectivity index (χ4n) is 1.33. The number of nitrogens with zero attached hydrogens (tertiary/aromatic N) is 1. The summed E-state index contributed by atoms with van der Waals surface area (Å²) in [6.07, 6.45) is 0. The second-order valence-corrected chi connectivity index (χ2v) is 5.24. The molecule has 0 unspecified atom stereocenters. The Balaban J connectivity index is 0. The average molecular weight is 249 g/mol. The lowest BCUT2D eigenvalue weighted by atomic mass is 10.2. The van der Waals surface area contributed by atoms with E-state index in [2.05, 4.69) is 39.5 Å². The summed E-state index contributed by atoms with van der Waals surface area (Å²) in [6.45, 7) is 12.3. The van der Waals surface area contributed by atoms with E-state index >= 15 is 0 Å². The lowest BCUT2D eigenvalue weighted by Crippen LogP contribution is -2.36. The molecule has 0 spiro atoms. The molecule has 0 aromatic heterocycles. The molecule has 0 radical (unpaired) electrons. The molecule has 0 saturated heterocycles. The molecule has 0 N–H and O–H groups in total. The maximum Gasteiger partial charge on any atom is 0.180 e. The zero-order valence-corrected chi connectivity index (χ0v) is 11.3. The van der Waals surface area contributed by atoms with Gasteiger partial charge in [-0.2, -0.15) is 0 Å². The van der Waals surface area contributed by atoms with Crippen molar-refractivity contribution < 1.29 is 0 Å². The van der Waals surface area contributed by atoms with Crippen LogP contribution < -0.4 is 0 Å². The summed E-state index contributed by atoms with van der Waals surface area (Å²) in [7, 11) is 0. The van der Waals surface area contributed by atoms with Crippen molar-refractivity contribution in [3.63, 3.8) is 0 Å². The molecule has 0 aromatic carbocycles. The molecule has 0 aliphatic heterocycles. The third kappa shape index (κ3) is 12.8. The molecule has 0 saturated carbocycles. The molecule has 0 aliphatic rings. The predicted molar refractivity (Wildman–Crippen MR) is 64.0 cm³/mol. The van der Waals surface area contributed by atoms with Gasteiger partial charge in [-0.1, -0.05) is 41.7 Å². The first-order chi connectivity index (χ1) is 5.82. The van der Waals surface area contributed by atoms with E-state index < -0.39 is 4.30 Å². The number of halogens is 3. The van der Waals surface area contributed by atoms with Crippen LogP contribution in [0.1, 0.15) is 34.6 Å². The van der Waals surface area contributed by atoms with Crippen molar-refractivity contribution in [2.24, 2.45) is 0 Å². The summed E-state index contributed by atoms with van der Waals surface area (Å²) in [5, 5.41) is 0. The van der Waals surface area contributed by atoms with Gasteiger partial charge in [0.2, 0.25) is 0 Å². The number of rotatable bonds is 3. The summed E-state index contributed by atoms with van der Waals surface area (Å²) in [4.78, 5) is 2.46. The van der Waals surface area contributed by atoms with Crippen LogP contribution in [0.3, 0.4) is 0 Å². The second kappa shape index (κ2) is 9.39. The highest BCUT2D eigenvalue weighted by atomic mass is 35.6. The molecular formula is C9H20Cl3N. The highest BCUT2D eigenvalue weighted by Gasteiger charge is 2.08. The van der Waals surface area contributed by atoms with Gasteiger partial charge >= 0.3 is 0 Å². The van der Waals surface area contributed by atoms with Gasteiger partial charge in [0.25, 0.3) is 0 Å². The zero-order chi connectivity index (χ0) is 11.0. The normalized spacial score (nSPS) is 11.1. The van der Waals surface area contributed by atoms with Gasteiger partial charge in [0.15, 0.2) is 4.30 Å². The van der Waals surface area contributed by atoms with Crippen LogP contribution in [-0.4, -0.2) is 27.8 Å². The van der Waals surface area contributed by atoms with E-state index in [9.17, 15) is 0 Å². The lowest BCUT2D eigenvalue weighted by molar-refractivity contribution is 0.185. The second-order valence-electron chi connectivity index (χ2n) is 3.27. The zero-order valence-electron chi connectivity index (χ0n) is 9.02. The van der Waals surface area contributed by atoms with Crippen molar-refractivity contribution in [1.29, 1.82) is 0 Å². The highest BCUT2D eigenvalue weighted by molar-refractivity contribution is 6.63. The average Bonchev–Trinajstić information content (AvgIpc) is 1.84. The van der Waals surface area contributed by atoms with Crippen LogP contribution in [0.2, 0.25) is 0 Å². The molecule has 0 heterocycles. The predicted octanol–water partition coefficient (Wildman–Crippen LogP) is 4.11. The van der Waals surface area contributed by atoms with Crippen LogP contribution in [0, 0.1) is 0 Å². The van der Waals surface area contributed by atoms with Gasteiger partial charge in [-0.15, -0.1) is 0 Å². The largest absolute Gasteiger partial charge is 0.299 e. The van der Waals surface area contributed by atoms with E-state index in [0.29, 0.717) is 12.1 Å². The quantitative estimate of drug-likeness (QED) is 0.680. The Morgan fingerprint density at radius 1 is 0.923 bits per heavy atom. The van der Waals surface area contributed by atoms with Crippen molar-refractivity contribution >= 4 is 34.8 Å². The maximum atomic E-state index is 4.81. The Hall–Kier alpha value is 0.830. The first kappa shape index (κ1) is 16.3. The van der Waals surface area contributed by atoms with Crippen molar-refractivity contribution in [2.45, 2.75) is 51.0 Å². The number of hydrogen-bond acceptors (Lipinski definition) is 1. The van der Waals surface area contributed by atoms with E-state index in [0.717, 1.165) is 6.54 Å². The molecule has 0 aromatic rings. The topological polar surface area (TPSA) is 3.24 Å². The molecule has 4 heteroatoms. The van der Waals surface area contributed by atoms with Crippen LogP contribution in [0.15, 0.2) is 0 Å². The SMILES string of the molecule is CCN(C(C)C)C(C)C.ClC(Cl)Cl. The minimum Gasteiger partial charge on any atom is -0.299 e. The van der Waals surface area contributed by atoms with Gasteiger partial charge in [-0.3, -0.25) is 4.90 Å². The monoisotopic (exact) mass is 247 g/mol. The Morgan fingerprint density at radius 3 is 1.15 bits per heavy atom. The van der Waals surface area contributed by atoms with E-state index in [1.807, 2.05) is 0 Å². The molecule has 0 bridgehead atoms. The highest BCUT2D eigenvalue weighted by Crippen LogP contribution is 2.03. The van der Waals surface area contributed by atoms with E-state index in [4.69, 9.17) is 34.8 Å². The molecule has 0 amide bonds. The standard InChI is InChI=1S/C8H19N.CHCl3/c1-6-9(7(2)3)8(4)5;2-1(3)4/h7-8H,6H2,1-5H3;1H. The van der Waals surface area contributed by atoms with Crippen molar-refractivity contribution in [2.75, 3.05) is 6.54 Å². The fraction of sp³-hybridized carbons (Fsp3) is 1.00. The molecule has 82 valence electrons. The maximum absolute atomic E-state index is 4.81. The van der Waals surface area contributed by atoms with Crippen LogP contribution in [0.4, 0.5) is 0 Å². The molecule has 0 aliphatic carbocycles. The molecule has 1 nitrogen and oxygen atoms in total. The van der Waals surface area contributed by atoms with E-state index in [1.165, 1.54) is 0 Å². The van der Waals surface area contributed by atoms with E-state index in [1.54, 1.807) is 0 Å². The Kier molecular flexibility index (Phi) is 11.7. The molecule has 13 heavy (non-hydrogen) atoms. The van der Waals surface area contributed by atoms with Crippen molar-refractivity contribution in [1.82, 2.24) is 4.90 Å². The molecule has 0 atom stereocenters. The Morgan fingerprint density at radius 2 is 1.15 bits per heavy atom. The number of hydrogen-bond donors (Lipinski definition) is 0. The van der Waals surface area contributed by atoms with Crippen molar-refractivity contribution in [3.05, 3.63) is 0 Å². The molecular weight excluding hydrogens is 228 g/mol. The third-order valence-electron chi connectivity index (χ3n) is 1.69. The number of alkyl halides is 3. The molecule has 0 fully saturated rings. The van der Waals surface area contributed by atoms with Gasteiger partial charge in [-0.05, 0) is 34.2 Å². The Labute approximate surface area is 97.3 Å². The first-order valence-corrected chi connectivity index (χ1v) is 5.81. The van der Waals surface area contributed by atoms with Gasteiger partial charge in [-0.25, -0.2) is 0 Å². The minimum absolute atomic E-state index is 0.690. The smallest absolute Gasteiger partial charge is 0.180 e. The van der Waals surface area contributed by atoms with Crippen LogP contribution in [0.25, 0.3) is 0 Å². The van der Waals surface area contributed by atoms with Crippen molar-refractivity contribution in [3.8, 4) is 0 Å². The van der Waals surface area contributed by atoms with Gasteiger partial charge in [0.05, 0.1) is 0 Å². The van der Waals surface area contributed by atoms with Crippen LogP contribution in [0.5, 0.6) is 0 Å².